The summed E-state index contributed by atoms with van der Waals surface area (Å²) in [5, 5.41) is 4.98. The summed E-state index contributed by atoms with van der Waals surface area (Å²) >= 11 is 0. The highest BCUT2D eigenvalue weighted by Gasteiger charge is 2.28. The average molecular weight is 598 g/mol. The average Bonchev–Trinajstić information content (AvgIpc) is 3.01. The van der Waals surface area contributed by atoms with Crippen molar-refractivity contribution in [3.05, 3.63) is 107 Å². The van der Waals surface area contributed by atoms with Crippen LogP contribution in [0.2, 0.25) is 0 Å². The van der Waals surface area contributed by atoms with Crippen molar-refractivity contribution in [2.24, 2.45) is 0 Å². The van der Waals surface area contributed by atoms with E-state index in [1.54, 1.807) is 18.2 Å². The van der Waals surface area contributed by atoms with Crippen LogP contribution >= 0.6 is 0 Å². The molecule has 2 heterocycles. The van der Waals surface area contributed by atoms with Crippen LogP contribution in [-0.2, 0) is 21.4 Å². The number of amides is 1. The highest BCUT2D eigenvalue weighted by Crippen LogP contribution is 2.34. The molecule has 224 valence electrons. The Balaban J connectivity index is 1.19. The number of ether oxygens (including phenoxy) is 1. The van der Waals surface area contributed by atoms with Gasteiger partial charge in [-0.05, 0) is 73.0 Å². The van der Waals surface area contributed by atoms with Crippen molar-refractivity contribution >= 4 is 26.7 Å². The van der Waals surface area contributed by atoms with E-state index in [2.05, 4.69) is 33.1 Å². The molecule has 0 radical (unpaired) electrons. The number of sulfonamides is 1. The van der Waals surface area contributed by atoms with E-state index >= 15 is 0 Å². The zero-order valence-electron chi connectivity index (χ0n) is 24.6. The maximum atomic E-state index is 13.6. The molecule has 8 heteroatoms. The topological polar surface area (TPSA) is 87.7 Å². The first-order valence-electron chi connectivity index (χ1n) is 15.2. The van der Waals surface area contributed by atoms with Crippen molar-refractivity contribution in [2.45, 2.75) is 62.6 Å². The van der Waals surface area contributed by atoms with Crippen LogP contribution in [0.1, 0.15) is 66.4 Å². The summed E-state index contributed by atoms with van der Waals surface area (Å²) in [6, 6.07) is 25.7. The molecule has 1 fully saturated rings. The molecule has 6 rings (SSSR count). The smallest absolute Gasteiger partial charge is 0.241 e. The van der Waals surface area contributed by atoms with Gasteiger partial charge in [-0.3, -0.25) is 9.69 Å². The molecule has 0 aliphatic carbocycles. The molecule has 1 saturated heterocycles. The highest BCUT2D eigenvalue weighted by atomic mass is 32.2. The molecule has 0 spiro atoms. The summed E-state index contributed by atoms with van der Waals surface area (Å²) in [4.78, 5) is 16.2. The van der Waals surface area contributed by atoms with Crippen LogP contribution in [-0.4, -0.2) is 38.9 Å². The number of aryl methyl sites for hydroxylation is 1. The van der Waals surface area contributed by atoms with Crippen LogP contribution < -0.4 is 14.8 Å². The predicted octanol–water partition coefficient (Wildman–Crippen LogP) is 6.18. The van der Waals surface area contributed by atoms with Gasteiger partial charge < -0.3 is 10.1 Å². The fourth-order valence-corrected chi connectivity index (χ4v) is 7.46. The van der Waals surface area contributed by atoms with Crippen LogP contribution in [0.25, 0.3) is 10.8 Å². The van der Waals surface area contributed by atoms with E-state index in [1.165, 1.54) is 24.8 Å². The largest absolute Gasteiger partial charge is 0.493 e. The van der Waals surface area contributed by atoms with Gasteiger partial charge in [0.05, 0.1) is 23.6 Å². The van der Waals surface area contributed by atoms with Crippen LogP contribution in [0.4, 0.5) is 0 Å². The van der Waals surface area contributed by atoms with E-state index in [0.29, 0.717) is 13.0 Å². The van der Waals surface area contributed by atoms with Gasteiger partial charge in [0, 0.05) is 24.9 Å². The Hall–Kier alpha value is -3.72. The van der Waals surface area contributed by atoms with Crippen molar-refractivity contribution in [3.63, 3.8) is 0 Å². The zero-order valence-corrected chi connectivity index (χ0v) is 25.4. The molecule has 1 amide bonds. The first-order valence-corrected chi connectivity index (χ1v) is 16.7. The molecule has 2 aliphatic heterocycles. The third-order valence-electron chi connectivity index (χ3n) is 8.47. The minimum atomic E-state index is -3.91. The molecule has 2 aliphatic rings. The summed E-state index contributed by atoms with van der Waals surface area (Å²) in [6.45, 7) is 5.63. The number of nitrogens with zero attached hydrogens (tertiary/aromatic N) is 1. The first kappa shape index (κ1) is 29.4. The Bertz CT molecular complexity index is 1720. The number of benzene rings is 4. The highest BCUT2D eigenvalue weighted by molar-refractivity contribution is 7.89. The maximum Gasteiger partial charge on any atom is 0.241 e. The Morgan fingerprint density at radius 3 is 2.56 bits per heavy atom. The molecular weight excluding hydrogens is 558 g/mol. The number of piperidine rings is 1. The number of nitrogens with one attached hydrogen (secondary N) is 2. The fraction of sp³-hybridized carbons (Fsp3) is 0.343. The molecule has 43 heavy (non-hydrogen) atoms. The Kier molecular flexibility index (Phi) is 8.79. The minimum Gasteiger partial charge on any atom is -0.493 e. The molecule has 0 bridgehead atoms. The van der Waals surface area contributed by atoms with Crippen LogP contribution in [0.3, 0.4) is 0 Å². The quantitative estimate of drug-likeness (QED) is 0.241. The van der Waals surface area contributed by atoms with Crippen molar-refractivity contribution < 1.29 is 17.9 Å². The second-order valence-electron chi connectivity index (χ2n) is 11.8. The summed E-state index contributed by atoms with van der Waals surface area (Å²) in [5.74, 6) is 0.598. The summed E-state index contributed by atoms with van der Waals surface area (Å²) in [5.41, 5.74) is 3.92. The Morgan fingerprint density at radius 2 is 1.74 bits per heavy atom. The second kappa shape index (κ2) is 12.9. The van der Waals surface area contributed by atoms with Crippen molar-refractivity contribution in [1.29, 1.82) is 0 Å². The fourth-order valence-electron chi connectivity index (χ4n) is 6.20. The molecule has 7 nitrogen and oxygen atoms in total. The predicted molar refractivity (Wildman–Crippen MR) is 169 cm³/mol. The van der Waals surface area contributed by atoms with Crippen LogP contribution in [0.5, 0.6) is 5.75 Å². The lowest BCUT2D eigenvalue weighted by Crippen LogP contribution is -2.36. The molecule has 2 atom stereocenters. The van der Waals surface area contributed by atoms with Gasteiger partial charge in [0.2, 0.25) is 15.9 Å². The lowest BCUT2D eigenvalue weighted by atomic mass is 9.97. The van der Waals surface area contributed by atoms with E-state index in [-0.39, 0.29) is 23.3 Å². The van der Waals surface area contributed by atoms with Crippen molar-refractivity contribution in [1.82, 2.24) is 14.9 Å². The Morgan fingerprint density at radius 1 is 0.930 bits per heavy atom. The van der Waals surface area contributed by atoms with Crippen molar-refractivity contribution in [3.8, 4) is 5.75 Å². The standard InChI is InChI=1S/C35H39N3O4S/c1-25-8-7-11-29(20-25)33(37-43(40,41)30-14-13-27-9-3-4-10-28(27)22-30)23-35(39)36-32-16-19-42-34-21-26(12-15-31(32)34)24-38-17-5-2-6-18-38/h3-4,7-15,20-22,32-33,37H,2,5-6,16-19,23-24H2,1H3,(H,36,39). The number of fused-ring (bicyclic) bond motifs is 2. The molecule has 0 aromatic heterocycles. The molecule has 4 aromatic rings. The van der Waals surface area contributed by atoms with E-state index in [4.69, 9.17) is 4.74 Å². The van der Waals surface area contributed by atoms with E-state index in [9.17, 15) is 13.2 Å². The van der Waals surface area contributed by atoms with Gasteiger partial charge in [-0.15, -0.1) is 0 Å². The lowest BCUT2D eigenvalue weighted by molar-refractivity contribution is -0.122. The van der Waals surface area contributed by atoms with Gasteiger partial charge in [-0.1, -0.05) is 78.7 Å². The molecule has 0 saturated carbocycles. The zero-order chi connectivity index (χ0) is 29.8. The summed E-state index contributed by atoms with van der Waals surface area (Å²) in [7, 11) is -3.91. The third kappa shape index (κ3) is 7.09. The molecule has 2 unspecified atom stereocenters. The van der Waals surface area contributed by atoms with Crippen LogP contribution in [0, 0.1) is 6.92 Å². The first-order chi connectivity index (χ1) is 20.8. The number of hydrogen-bond donors (Lipinski definition) is 2. The van der Waals surface area contributed by atoms with Gasteiger partial charge in [0.15, 0.2) is 0 Å². The Labute approximate surface area is 254 Å². The van der Waals surface area contributed by atoms with Crippen LogP contribution in [0.15, 0.2) is 89.8 Å². The molecule has 4 aromatic carbocycles. The molecular formula is C35H39N3O4S. The maximum absolute atomic E-state index is 13.6. The number of carbonyl (C=O) groups is 1. The number of carbonyl (C=O) groups excluding carboxylic acids is 1. The lowest BCUT2D eigenvalue weighted by Gasteiger charge is -2.29. The normalized spacial score (nSPS) is 18.0. The van der Waals surface area contributed by atoms with E-state index in [0.717, 1.165) is 52.8 Å². The SMILES string of the molecule is Cc1cccc(C(CC(=O)NC2CCOc3cc(CN4CCCCC4)ccc32)NS(=O)(=O)c2ccc3ccccc3c2)c1. The van der Waals surface area contributed by atoms with Crippen molar-refractivity contribution in [2.75, 3.05) is 19.7 Å². The summed E-state index contributed by atoms with van der Waals surface area (Å²) < 4.78 is 36.0. The monoisotopic (exact) mass is 597 g/mol. The number of rotatable bonds is 9. The van der Waals surface area contributed by atoms with E-state index < -0.39 is 16.1 Å². The van der Waals surface area contributed by atoms with Gasteiger partial charge >= 0.3 is 0 Å². The minimum absolute atomic E-state index is 0.0317. The van der Waals surface area contributed by atoms with E-state index in [1.807, 2.05) is 55.5 Å². The number of likely N-dealkylation sites (tertiary alicyclic amines) is 1. The van der Waals surface area contributed by atoms with Gasteiger partial charge in [-0.2, -0.15) is 0 Å². The summed E-state index contributed by atoms with van der Waals surface area (Å²) in [6.07, 6.45) is 4.42. The third-order valence-corrected chi connectivity index (χ3v) is 9.94. The second-order valence-corrected chi connectivity index (χ2v) is 13.5. The van der Waals surface area contributed by atoms with Gasteiger partial charge in [0.25, 0.3) is 0 Å². The molecule has 2 N–H and O–H groups in total. The van der Waals surface area contributed by atoms with Gasteiger partial charge in [0.1, 0.15) is 5.75 Å². The van der Waals surface area contributed by atoms with Gasteiger partial charge in [-0.25, -0.2) is 13.1 Å². The number of hydrogen-bond acceptors (Lipinski definition) is 5.